The third-order valence-corrected chi connectivity index (χ3v) is 4.04. The maximum absolute atomic E-state index is 5.70. The molecule has 2 heteroatoms. The Bertz CT molecular complexity index is 328. The molecule has 19 heavy (non-hydrogen) atoms. The normalized spacial score (nSPS) is 11.4. The number of anilines is 1. The SMILES string of the molecule is CCC(CC)CN(CC)CCCc1ccc(N)cc1. The minimum atomic E-state index is 0.854. The molecule has 0 aromatic heterocycles. The van der Waals surface area contributed by atoms with Crippen LogP contribution in [0.4, 0.5) is 5.69 Å². The van der Waals surface area contributed by atoms with Crippen molar-refractivity contribution < 1.29 is 0 Å². The first-order valence-electron chi connectivity index (χ1n) is 7.76. The van der Waals surface area contributed by atoms with Gasteiger partial charge in [-0.15, -0.1) is 0 Å². The Morgan fingerprint density at radius 2 is 1.68 bits per heavy atom. The van der Waals surface area contributed by atoms with Crippen molar-refractivity contribution >= 4 is 5.69 Å². The molecule has 2 N–H and O–H groups in total. The maximum Gasteiger partial charge on any atom is 0.0314 e. The Morgan fingerprint density at radius 1 is 1.05 bits per heavy atom. The smallest absolute Gasteiger partial charge is 0.0314 e. The maximum atomic E-state index is 5.70. The van der Waals surface area contributed by atoms with Gasteiger partial charge in [-0.25, -0.2) is 0 Å². The lowest BCUT2D eigenvalue weighted by atomic mass is 10.0. The summed E-state index contributed by atoms with van der Waals surface area (Å²) in [4.78, 5) is 2.59. The average Bonchev–Trinajstić information content (AvgIpc) is 2.44. The van der Waals surface area contributed by atoms with Gasteiger partial charge in [-0.05, 0) is 49.5 Å². The molecule has 0 heterocycles. The van der Waals surface area contributed by atoms with E-state index in [1.807, 2.05) is 12.1 Å². The van der Waals surface area contributed by atoms with Crippen LogP contribution in [0.3, 0.4) is 0 Å². The van der Waals surface area contributed by atoms with E-state index >= 15 is 0 Å². The summed E-state index contributed by atoms with van der Waals surface area (Å²) < 4.78 is 0. The van der Waals surface area contributed by atoms with Gasteiger partial charge in [-0.2, -0.15) is 0 Å². The highest BCUT2D eigenvalue weighted by Crippen LogP contribution is 2.12. The molecule has 0 atom stereocenters. The lowest BCUT2D eigenvalue weighted by molar-refractivity contribution is 0.231. The summed E-state index contributed by atoms with van der Waals surface area (Å²) >= 11 is 0. The number of nitrogens with two attached hydrogens (primary N) is 1. The standard InChI is InChI=1S/C17H30N2/c1-4-15(5-2)14-19(6-3)13-7-8-16-9-11-17(18)12-10-16/h9-12,15H,4-8,13-14,18H2,1-3H3. The summed E-state index contributed by atoms with van der Waals surface area (Å²) in [6.45, 7) is 10.5. The zero-order valence-electron chi connectivity index (χ0n) is 12.9. The van der Waals surface area contributed by atoms with Gasteiger partial charge in [-0.1, -0.05) is 45.7 Å². The van der Waals surface area contributed by atoms with E-state index in [9.17, 15) is 0 Å². The van der Waals surface area contributed by atoms with E-state index in [-0.39, 0.29) is 0 Å². The molecule has 0 bridgehead atoms. The predicted octanol–water partition coefficient (Wildman–Crippen LogP) is 3.96. The molecule has 0 unspecified atom stereocenters. The molecule has 0 fully saturated rings. The van der Waals surface area contributed by atoms with Gasteiger partial charge in [0.2, 0.25) is 0 Å². The van der Waals surface area contributed by atoms with E-state index < -0.39 is 0 Å². The third-order valence-electron chi connectivity index (χ3n) is 4.04. The number of nitrogen functional groups attached to an aromatic ring is 1. The largest absolute Gasteiger partial charge is 0.399 e. The molecule has 0 radical (unpaired) electrons. The van der Waals surface area contributed by atoms with Crippen molar-refractivity contribution in [3.05, 3.63) is 29.8 Å². The van der Waals surface area contributed by atoms with Crippen molar-refractivity contribution in [1.29, 1.82) is 0 Å². The van der Waals surface area contributed by atoms with Crippen LogP contribution in [0.1, 0.15) is 45.6 Å². The van der Waals surface area contributed by atoms with Gasteiger partial charge >= 0.3 is 0 Å². The molecule has 2 nitrogen and oxygen atoms in total. The van der Waals surface area contributed by atoms with Gasteiger partial charge < -0.3 is 10.6 Å². The van der Waals surface area contributed by atoms with Crippen molar-refractivity contribution in [3.8, 4) is 0 Å². The molecule has 1 aromatic carbocycles. The minimum Gasteiger partial charge on any atom is -0.399 e. The fraction of sp³-hybridized carbons (Fsp3) is 0.647. The second-order valence-electron chi connectivity index (χ2n) is 5.42. The van der Waals surface area contributed by atoms with E-state index in [0.717, 1.165) is 24.6 Å². The molecule has 0 spiro atoms. The molecule has 1 aromatic rings. The molecular formula is C17H30N2. The number of hydrogen-bond donors (Lipinski definition) is 1. The number of hydrogen-bond acceptors (Lipinski definition) is 2. The van der Waals surface area contributed by atoms with E-state index in [2.05, 4.69) is 37.8 Å². The van der Waals surface area contributed by atoms with Gasteiger partial charge in [-0.3, -0.25) is 0 Å². The van der Waals surface area contributed by atoms with Gasteiger partial charge in [0.1, 0.15) is 0 Å². The fourth-order valence-corrected chi connectivity index (χ4v) is 2.48. The first-order chi connectivity index (χ1) is 9.19. The second-order valence-corrected chi connectivity index (χ2v) is 5.42. The number of nitrogens with zero attached hydrogens (tertiary/aromatic N) is 1. The van der Waals surface area contributed by atoms with Crippen molar-refractivity contribution in [2.24, 2.45) is 5.92 Å². The Morgan fingerprint density at radius 3 is 2.21 bits per heavy atom. The molecule has 108 valence electrons. The Kier molecular flexibility index (Phi) is 7.57. The summed E-state index contributed by atoms with van der Waals surface area (Å²) in [6, 6.07) is 8.28. The number of benzene rings is 1. The molecule has 1 rings (SSSR count). The molecule has 0 aliphatic carbocycles. The molecule has 0 saturated heterocycles. The van der Waals surface area contributed by atoms with Crippen molar-refractivity contribution in [1.82, 2.24) is 4.90 Å². The topological polar surface area (TPSA) is 29.3 Å². The van der Waals surface area contributed by atoms with E-state index in [0.29, 0.717) is 0 Å². The Balaban J connectivity index is 2.31. The lowest BCUT2D eigenvalue weighted by Gasteiger charge is -2.25. The van der Waals surface area contributed by atoms with E-state index in [4.69, 9.17) is 5.73 Å². The van der Waals surface area contributed by atoms with Gasteiger partial charge in [0.05, 0.1) is 0 Å². The lowest BCUT2D eigenvalue weighted by Crippen LogP contribution is -2.30. The molecule has 0 saturated carbocycles. The monoisotopic (exact) mass is 262 g/mol. The molecule has 0 amide bonds. The molecular weight excluding hydrogens is 232 g/mol. The highest BCUT2D eigenvalue weighted by molar-refractivity contribution is 5.39. The van der Waals surface area contributed by atoms with Crippen molar-refractivity contribution in [2.75, 3.05) is 25.4 Å². The zero-order chi connectivity index (χ0) is 14.1. The van der Waals surface area contributed by atoms with Gasteiger partial charge in [0.25, 0.3) is 0 Å². The van der Waals surface area contributed by atoms with Crippen LogP contribution in [-0.4, -0.2) is 24.5 Å². The average molecular weight is 262 g/mol. The van der Waals surface area contributed by atoms with Crippen LogP contribution in [0.2, 0.25) is 0 Å². The Hall–Kier alpha value is -1.02. The van der Waals surface area contributed by atoms with Crippen LogP contribution in [0.5, 0.6) is 0 Å². The van der Waals surface area contributed by atoms with E-state index in [1.165, 1.54) is 37.9 Å². The van der Waals surface area contributed by atoms with Crippen LogP contribution in [-0.2, 0) is 6.42 Å². The van der Waals surface area contributed by atoms with Crippen LogP contribution in [0.25, 0.3) is 0 Å². The first kappa shape index (κ1) is 16.0. The van der Waals surface area contributed by atoms with Crippen LogP contribution < -0.4 is 5.73 Å². The summed E-state index contributed by atoms with van der Waals surface area (Å²) in [5, 5.41) is 0. The molecule has 0 aliphatic rings. The number of aryl methyl sites for hydroxylation is 1. The second kappa shape index (κ2) is 8.98. The first-order valence-corrected chi connectivity index (χ1v) is 7.76. The quantitative estimate of drug-likeness (QED) is 0.683. The minimum absolute atomic E-state index is 0.854. The summed E-state index contributed by atoms with van der Waals surface area (Å²) in [5.74, 6) is 0.858. The highest BCUT2D eigenvalue weighted by atomic mass is 15.1. The van der Waals surface area contributed by atoms with Crippen LogP contribution in [0.15, 0.2) is 24.3 Å². The third kappa shape index (κ3) is 6.11. The summed E-state index contributed by atoms with van der Waals surface area (Å²) in [6.07, 6.45) is 4.98. The summed E-state index contributed by atoms with van der Waals surface area (Å²) in [7, 11) is 0. The van der Waals surface area contributed by atoms with Gasteiger partial charge in [0, 0.05) is 12.2 Å². The van der Waals surface area contributed by atoms with Crippen molar-refractivity contribution in [2.45, 2.75) is 46.5 Å². The van der Waals surface area contributed by atoms with Gasteiger partial charge in [0.15, 0.2) is 0 Å². The predicted molar refractivity (Wildman–Crippen MR) is 85.4 cm³/mol. The number of rotatable bonds is 9. The zero-order valence-corrected chi connectivity index (χ0v) is 12.9. The highest BCUT2D eigenvalue weighted by Gasteiger charge is 2.09. The van der Waals surface area contributed by atoms with Crippen LogP contribution in [0, 0.1) is 5.92 Å². The van der Waals surface area contributed by atoms with E-state index in [1.54, 1.807) is 0 Å². The molecule has 0 aliphatic heterocycles. The fourth-order valence-electron chi connectivity index (χ4n) is 2.48. The summed E-state index contributed by atoms with van der Waals surface area (Å²) in [5.41, 5.74) is 7.95. The van der Waals surface area contributed by atoms with Crippen molar-refractivity contribution in [3.63, 3.8) is 0 Å². The Labute approximate surface area is 119 Å². The van der Waals surface area contributed by atoms with Crippen LogP contribution >= 0.6 is 0 Å².